The summed E-state index contributed by atoms with van der Waals surface area (Å²) >= 11 is 3.20. The fourth-order valence-electron chi connectivity index (χ4n) is 4.70. The summed E-state index contributed by atoms with van der Waals surface area (Å²) in [4.78, 5) is 31.0. The van der Waals surface area contributed by atoms with Gasteiger partial charge in [0.2, 0.25) is 0 Å². The molecule has 8 heteroatoms. The smallest absolute Gasteiger partial charge is 0.267 e. The summed E-state index contributed by atoms with van der Waals surface area (Å²) in [6.45, 7) is 17.2. The second-order valence-corrected chi connectivity index (χ2v) is 12.4. The van der Waals surface area contributed by atoms with Crippen molar-refractivity contribution in [3.63, 3.8) is 0 Å². The van der Waals surface area contributed by atoms with E-state index in [1.54, 1.807) is 22.7 Å². The first-order chi connectivity index (χ1) is 15.9. The Morgan fingerprint density at radius 1 is 0.618 bits per heavy atom. The summed E-state index contributed by atoms with van der Waals surface area (Å²) in [5, 5.41) is 2.27. The topological polar surface area (TPSA) is 92.7 Å². The Labute approximate surface area is 209 Å². The summed E-state index contributed by atoms with van der Waals surface area (Å²) < 4.78 is 0. The SMILES string of the molecule is CC(C)c1cc(C2=C3C(=O)N(N)C(c4cc(C(C)C)c(C(C)C)s4)=C3C(=O)N2N)sc1C(C)C. The molecule has 2 aromatic heterocycles. The zero-order valence-electron chi connectivity index (χ0n) is 21.1. The predicted molar refractivity (Wildman–Crippen MR) is 141 cm³/mol. The molecule has 4 N–H and O–H groups in total. The van der Waals surface area contributed by atoms with Crippen molar-refractivity contribution < 1.29 is 9.59 Å². The molecule has 0 saturated heterocycles. The maximum atomic E-state index is 13.4. The summed E-state index contributed by atoms with van der Waals surface area (Å²) in [5.41, 5.74) is 3.97. The summed E-state index contributed by atoms with van der Waals surface area (Å²) in [6, 6.07) is 4.15. The highest BCUT2D eigenvalue weighted by Crippen LogP contribution is 2.49. The van der Waals surface area contributed by atoms with Gasteiger partial charge in [-0.15, -0.1) is 22.7 Å². The van der Waals surface area contributed by atoms with Crippen LogP contribution in [0.25, 0.3) is 11.4 Å². The van der Waals surface area contributed by atoms with E-state index in [0.717, 1.165) is 19.8 Å². The average Bonchev–Trinajstić information content (AvgIpc) is 3.48. The quantitative estimate of drug-likeness (QED) is 0.385. The van der Waals surface area contributed by atoms with Crippen LogP contribution in [-0.2, 0) is 9.59 Å². The third kappa shape index (κ3) is 3.68. The van der Waals surface area contributed by atoms with Crippen LogP contribution in [0.1, 0.15) is 110 Å². The summed E-state index contributed by atoms with van der Waals surface area (Å²) in [7, 11) is 0. The molecule has 2 aliphatic rings. The van der Waals surface area contributed by atoms with Crippen molar-refractivity contribution in [3.05, 3.63) is 53.9 Å². The van der Waals surface area contributed by atoms with Crippen LogP contribution in [0.4, 0.5) is 0 Å². The molecule has 2 amide bonds. The van der Waals surface area contributed by atoms with Crippen LogP contribution in [0.5, 0.6) is 0 Å². The van der Waals surface area contributed by atoms with Crippen molar-refractivity contribution in [1.29, 1.82) is 0 Å². The van der Waals surface area contributed by atoms with Crippen molar-refractivity contribution in [2.45, 2.75) is 79.1 Å². The molecule has 34 heavy (non-hydrogen) atoms. The van der Waals surface area contributed by atoms with E-state index in [9.17, 15) is 9.59 Å². The van der Waals surface area contributed by atoms with E-state index in [-0.39, 0.29) is 0 Å². The molecule has 6 nitrogen and oxygen atoms in total. The number of rotatable bonds is 6. The van der Waals surface area contributed by atoms with Gasteiger partial charge in [0.1, 0.15) is 0 Å². The van der Waals surface area contributed by atoms with Gasteiger partial charge in [-0.05, 0) is 46.9 Å². The normalized spacial score (nSPS) is 16.8. The van der Waals surface area contributed by atoms with Crippen molar-refractivity contribution >= 4 is 45.9 Å². The highest BCUT2D eigenvalue weighted by molar-refractivity contribution is 7.14. The second-order valence-electron chi connectivity index (χ2n) is 10.3. The van der Waals surface area contributed by atoms with Crippen LogP contribution >= 0.6 is 22.7 Å². The minimum absolute atomic E-state index is 0.308. The molecule has 0 aliphatic carbocycles. The van der Waals surface area contributed by atoms with Gasteiger partial charge in [-0.25, -0.2) is 21.7 Å². The zero-order chi connectivity index (χ0) is 25.2. The van der Waals surface area contributed by atoms with Crippen LogP contribution in [0.15, 0.2) is 23.3 Å². The van der Waals surface area contributed by atoms with Gasteiger partial charge < -0.3 is 0 Å². The minimum Gasteiger partial charge on any atom is -0.267 e. The predicted octanol–water partition coefficient (Wildman–Crippen LogP) is 5.86. The number of nitrogens with zero attached hydrogens (tertiary/aromatic N) is 2. The lowest BCUT2D eigenvalue weighted by molar-refractivity contribution is -0.124. The van der Waals surface area contributed by atoms with E-state index in [4.69, 9.17) is 11.7 Å². The summed E-state index contributed by atoms with van der Waals surface area (Å²) in [5.74, 6) is 13.2. The number of hydrazine groups is 2. The first-order valence-corrected chi connectivity index (χ1v) is 13.4. The fourth-order valence-corrected chi connectivity index (χ4v) is 7.43. The van der Waals surface area contributed by atoms with Crippen molar-refractivity contribution in [2.24, 2.45) is 11.7 Å². The monoisotopic (exact) mass is 498 g/mol. The first-order valence-electron chi connectivity index (χ1n) is 11.8. The third-order valence-electron chi connectivity index (χ3n) is 6.41. The molecule has 2 aromatic rings. The van der Waals surface area contributed by atoms with Gasteiger partial charge in [0.05, 0.1) is 32.3 Å². The van der Waals surface area contributed by atoms with Gasteiger partial charge in [-0.1, -0.05) is 55.4 Å². The molecule has 0 radical (unpaired) electrons. The molecule has 0 aromatic carbocycles. The lowest BCUT2D eigenvalue weighted by Crippen LogP contribution is -2.36. The van der Waals surface area contributed by atoms with Crippen LogP contribution < -0.4 is 11.7 Å². The lowest BCUT2D eigenvalue weighted by Gasteiger charge is -2.17. The fraction of sp³-hybridized carbons (Fsp3) is 0.462. The van der Waals surface area contributed by atoms with Crippen molar-refractivity contribution in [2.75, 3.05) is 0 Å². The maximum absolute atomic E-state index is 13.4. The van der Waals surface area contributed by atoms with E-state index in [1.807, 2.05) is 0 Å². The van der Waals surface area contributed by atoms with Crippen molar-refractivity contribution in [3.8, 4) is 0 Å². The highest BCUT2D eigenvalue weighted by Gasteiger charge is 2.48. The molecule has 0 unspecified atom stereocenters. The Kier molecular flexibility index (Phi) is 6.40. The van der Waals surface area contributed by atoms with Crippen LogP contribution in [0.3, 0.4) is 0 Å². The van der Waals surface area contributed by atoms with E-state index >= 15 is 0 Å². The Balaban J connectivity index is 1.96. The van der Waals surface area contributed by atoms with Crippen LogP contribution in [0.2, 0.25) is 0 Å². The molecule has 4 rings (SSSR count). The number of fused-ring (bicyclic) bond motifs is 1. The van der Waals surface area contributed by atoms with Gasteiger partial charge in [-0.2, -0.15) is 0 Å². The number of hydrogen-bond donors (Lipinski definition) is 2. The Morgan fingerprint density at radius 3 is 1.18 bits per heavy atom. The third-order valence-corrected chi connectivity index (χ3v) is 9.33. The molecule has 2 aliphatic heterocycles. The van der Waals surface area contributed by atoms with E-state index in [2.05, 4.69) is 67.5 Å². The molecular formula is C26H34N4O2S2. The largest absolute Gasteiger partial charge is 0.275 e. The number of amides is 2. The van der Waals surface area contributed by atoms with Gasteiger partial charge in [0.25, 0.3) is 11.8 Å². The van der Waals surface area contributed by atoms with Gasteiger partial charge in [0, 0.05) is 9.75 Å². The molecule has 0 spiro atoms. The van der Waals surface area contributed by atoms with Gasteiger partial charge in [-0.3, -0.25) is 9.59 Å². The highest BCUT2D eigenvalue weighted by atomic mass is 32.1. The van der Waals surface area contributed by atoms with Crippen molar-refractivity contribution in [1.82, 2.24) is 10.0 Å². The van der Waals surface area contributed by atoms with Crippen LogP contribution in [0, 0.1) is 0 Å². The van der Waals surface area contributed by atoms with E-state index in [0.29, 0.717) is 46.2 Å². The number of nitrogens with two attached hydrogens (primary N) is 2. The number of hydrogen-bond acceptors (Lipinski definition) is 6. The standard InChI is InChI=1S/C26H34N4O2S2/c1-11(2)15-9-17(33-23(15)13(5)6)21-19-20(26(32)29(21)27)22(30(28)25(19)31)18-10-16(12(3)4)24(34-18)14(7)8/h9-14H,27-28H2,1-8H3. The molecule has 0 saturated carbocycles. The number of carbonyl (C=O) groups excluding carboxylic acids is 2. The second kappa shape index (κ2) is 8.75. The number of thiophene rings is 2. The Morgan fingerprint density at radius 2 is 0.941 bits per heavy atom. The van der Waals surface area contributed by atoms with Crippen LogP contribution in [-0.4, -0.2) is 21.8 Å². The minimum atomic E-state index is -0.391. The zero-order valence-corrected chi connectivity index (χ0v) is 22.8. The van der Waals surface area contributed by atoms with E-state index < -0.39 is 11.8 Å². The lowest BCUT2D eigenvalue weighted by atomic mass is 9.98. The molecular weight excluding hydrogens is 464 g/mol. The molecule has 0 fully saturated rings. The molecule has 0 atom stereocenters. The molecule has 4 heterocycles. The molecule has 182 valence electrons. The summed E-state index contributed by atoms with van der Waals surface area (Å²) in [6.07, 6.45) is 0. The first kappa shape index (κ1) is 24.9. The Hall–Kier alpha value is -2.26. The Bertz CT molecular complexity index is 1100. The van der Waals surface area contributed by atoms with E-state index in [1.165, 1.54) is 20.9 Å². The van der Waals surface area contributed by atoms with Gasteiger partial charge in [0.15, 0.2) is 0 Å². The average molecular weight is 499 g/mol. The van der Waals surface area contributed by atoms with Gasteiger partial charge >= 0.3 is 0 Å². The maximum Gasteiger partial charge on any atom is 0.275 e. The molecule has 0 bridgehead atoms. The number of carbonyl (C=O) groups is 2.